The highest BCUT2D eigenvalue weighted by Gasteiger charge is 2.17. The largest absolute Gasteiger partial charge is 0.0654 e. The van der Waals surface area contributed by atoms with Gasteiger partial charge in [0.05, 0.1) is 0 Å². The van der Waals surface area contributed by atoms with Crippen LogP contribution in [0.5, 0.6) is 0 Å². The average Bonchev–Trinajstić information content (AvgIpc) is 2.91. The summed E-state index contributed by atoms with van der Waals surface area (Å²) in [7, 11) is 0. The van der Waals surface area contributed by atoms with E-state index in [1.165, 1.54) is 58.2 Å². The van der Waals surface area contributed by atoms with E-state index in [9.17, 15) is 0 Å². The molecular formula is C22H26. The van der Waals surface area contributed by atoms with Gasteiger partial charge < -0.3 is 0 Å². The summed E-state index contributed by atoms with van der Waals surface area (Å²) in [5.74, 6) is 0. The third-order valence-electron chi connectivity index (χ3n) is 4.92. The first-order valence-corrected chi connectivity index (χ1v) is 8.49. The molecule has 0 fully saturated rings. The first kappa shape index (κ1) is 15.1. The fraction of sp³-hybridized carbons (Fsp3) is 0.364. The van der Waals surface area contributed by atoms with Gasteiger partial charge in [0.15, 0.2) is 0 Å². The molecule has 0 atom stereocenters. The highest BCUT2D eigenvalue weighted by Crippen LogP contribution is 2.37. The Morgan fingerprint density at radius 1 is 1.00 bits per heavy atom. The van der Waals surface area contributed by atoms with Crippen molar-refractivity contribution < 1.29 is 0 Å². The van der Waals surface area contributed by atoms with Gasteiger partial charge in [0.25, 0.3) is 0 Å². The van der Waals surface area contributed by atoms with Gasteiger partial charge in [-0.2, -0.15) is 0 Å². The minimum atomic E-state index is 1.15. The van der Waals surface area contributed by atoms with Gasteiger partial charge in [-0.3, -0.25) is 0 Å². The van der Waals surface area contributed by atoms with Gasteiger partial charge in [0, 0.05) is 0 Å². The summed E-state index contributed by atoms with van der Waals surface area (Å²) in [6, 6.07) is 11.4. The second kappa shape index (κ2) is 6.12. The van der Waals surface area contributed by atoms with Crippen molar-refractivity contribution >= 4 is 6.08 Å². The topological polar surface area (TPSA) is 0 Å². The van der Waals surface area contributed by atoms with Crippen LogP contribution in [0, 0.1) is 20.8 Å². The first-order chi connectivity index (χ1) is 10.6. The number of allylic oxidation sites excluding steroid dienone is 1. The SMILES string of the molecule is CCCCC1=Cc2c(cccc2-c2cc(C)cc(C)c2C)C1. The number of rotatable bonds is 4. The van der Waals surface area contributed by atoms with Crippen molar-refractivity contribution in [2.75, 3.05) is 0 Å². The number of hydrogen-bond donors (Lipinski definition) is 0. The number of unbranched alkanes of at least 4 members (excludes halogenated alkanes) is 1. The van der Waals surface area contributed by atoms with Crippen molar-refractivity contribution in [2.24, 2.45) is 0 Å². The van der Waals surface area contributed by atoms with Gasteiger partial charge in [-0.25, -0.2) is 0 Å². The van der Waals surface area contributed by atoms with Crippen LogP contribution in [0.2, 0.25) is 0 Å². The number of fused-ring (bicyclic) bond motifs is 1. The predicted octanol–water partition coefficient (Wildman–Crippen LogP) is 6.41. The van der Waals surface area contributed by atoms with Gasteiger partial charge in [0.1, 0.15) is 0 Å². The van der Waals surface area contributed by atoms with Crippen LogP contribution < -0.4 is 0 Å². The quantitative estimate of drug-likeness (QED) is 0.610. The van der Waals surface area contributed by atoms with E-state index in [0.717, 1.165) is 6.42 Å². The van der Waals surface area contributed by atoms with Gasteiger partial charge in [-0.05, 0) is 73.4 Å². The molecule has 22 heavy (non-hydrogen) atoms. The Balaban J connectivity index is 2.08. The lowest BCUT2D eigenvalue weighted by atomic mass is 9.91. The Hall–Kier alpha value is -1.82. The lowest BCUT2D eigenvalue weighted by molar-refractivity contribution is 0.779. The van der Waals surface area contributed by atoms with Crippen LogP contribution in [0.3, 0.4) is 0 Å². The summed E-state index contributed by atoms with van der Waals surface area (Å²) in [5.41, 5.74) is 11.5. The lowest BCUT2D eigenvalue weighted by Crippen LogP contribution is -1.93. The van der Waals surface area contributed by atoms with E-state index in [1.807, 2.05) is 0 Å². The van der Waals surface area contributed by atoms with Crippen LogP contribution in [-0.4, -0.2) is 0 Å². The van der Waals surface area contributed by atoms with E-state index in [0.29, 0.717) is 0 Å². The van der Waals surface area contributed by atoms with Gasteiger partial charge in [-0.15, -0.1) is 0 Å². The fourth-order valence-corrected chi connectivity index (χ4v) is 3.56. The standard InChI is InChI=1S/C22H26/c1-5-6-8-18-13-19-9-7-10-20(22(19)14-18)21-12-15(2)11-16(3)17(21)4/h7,9-12,14H,5-6,8,13H2,1-4H3. The van der Waals surface area contributed by atoms with E-state index in [4.69, 9.17) is 0 Å². The average molecular weight is 290 g/mol. The number of benzene rings is 2. The maximum atomic E-state index is 2.46. The zero-order valence-corrected chi connectivity index (χ0v) is 14.3. The number of aryl methyl sites for hydroxylation is 2. The Bertz CT molecular complexity index is 732. The smallest absolute Gasteiger partial charge is 0.00576 e. The highest BCUT2D eigenvalue weighted by molar-refractivity contribution is 5.82. The lowest BCUT2D eigenvalue weighted by Gasteiger charge is -2.14. The molecule has 114 valence electrons. The minimum absolute atomic E-state index is 1.15. The molecule has 2 aromatic carbocycles. The third-order valence-corrected chi connectivity index (χ3v) is 4.92. The molecular weight excluding hydrogens is 264 g/mol. The van der Waals surface area contributed by atoms with Crippen molar-refractivity contribution in [1.82, 2.24) is 0 Å². The zero-order valence-electron chi connectivity index (χ0n) is 14.3. The molecule has 1 aliphatic rings. The second-order valence-corrected chi connectivity index (χ2v) is 6.72. The summed E-state index contributed by atoms with van der Waals surface area (Å²) in [6.07, 6.45) is 7.43. The fourth-order valence-electron chi connectivity index (χ4n) is 3.56. The maximum absolute atomic E-state index is 2.46. The van der Waals surface area contributed by atoms with Crippen LogP contribution in [0.15, 0.2) is 35.9 Å². The summed E-state index contributed by atoms with van der Waals surface area (Å²) in [5, 5.41) is 0. The monoisotopic (exact) mass is 290 g/mol. The van der Waals surface area contributed by atoms with Gasteiger partial charge in [0.2, 0.25) is 0 Å². The Kier molecular flexibility index (Phi) is 4.20. The summed E-state index contributed by atoms with van der Waals surface area (Å²) in [4.78, 5) is 0. The van der Waals surface area contributed by atoms with Crippen LogP contribution in [0.1, 0.15) is 54.0 Å². The second-order valence-electron chi connectivity index (χ2n) is 6.72. The third kappa shape index (κ3) is 2.75. The van der Waals surface area contributed by atoms with Crippen LogP contribution in [0.25, 0.3) is 17.2 Å². The van der Waals surface area contributed by atoms with Crippen molar-refractivity contribution in [3.05, 3.63) is 63.7 Å². The first-order valence-electron chi connectivity index (χ1n) is 8.49. The Morgan fingerprint density at radius 2 is 1.82 bits per heavy atom. The van der Waals surface area contributed by atoms with Crippen LogP contribution in [0.4, 0.5) is 0 Å². The molecule has 0 heterocycles. The summed E-state index contributed by atoms with van der Waals surface area (Å²) in [6.45, 7) is 8.94. The van der Waals surface area contributed by atoms with Crippen LogP contribution in [-0.2, 0) is 6.42 Å². The molecule has 0 aliphatic heterocycles. The molecule has 0 unspecified atom stereocenters. The van der Waals surface area contributed by atoms with Gasteiger partial charge in [-0.1, -0.05) is 60.9 Å². The van der Waals surface area contributed by atoms with E-state index < -0.39 is 0 Å². The molecule has 0 nitrogen and oxygen atoms in total. The molecule has 0 radical (unpaired) electrons. The summed E-state index contributed by atoms with van der Waals surface area (Å²) < 4.78 is 0. The van der Waals surface area contributed by atoms with Gasteiger partial charge >= 0.3 is 0 Å². The predicted molar refractivity (Wildman–Crippen MR) is 97.3 cm³/mol. The molecule has 0 bridgehead atoms. The molecule has 0 heteroatoms. The molecule has 0 aromatic heterocycles. The highest BCUT2D eigenvalue weighted by atomic mass is 14.2. The molecule has 0 saturated carbocycles. The molecule has 0 saturated heterocycles. The molecule has 0 spiro atoms. The molecule has 3 rings (SSSR count). The van der Waals surface area contributed by atoms with Crippen molar-refractivity contribution in [3.63, 3.8) is 0 Å². The molecule has 1 aliphatic carbocycles. The van der Waals surface area contributed by atoms with E-state index in [1.54, 1.807) is 5.57 Å². The van der Waals surface area contributed by atoms with Crippen molar-refractivity contribution in [3.8, 4) is 11.1 Å². The van der Waals surface area contributed by atoms with E-state index in [-0.39, 0.29) is 0 Å². The Labute approximate surface area is 134 Å². The molecule has 0 N–H and O–H groups in total. The minimum Gasteiger partial charge on any atom is -0.0654 e. The zero-order chi connectivity index (χ0) is 15.7. The van der Waals surface area contributed by atoms with Crippen molar-refractivity contribution in [1.29, 1.82) is 0 Å². The Morgan fingerprint density at radius 3 is 2.59 bits per heavy atom. The van der Waals surface area contributed by atoms with Crippen molar-refractivity contribution in [2.45, 2.75) is 53.4 Å². The number of hydrogen-bond acceptors (Lipinski definition) is 0. The maximum Gasteiger partial charge on any atom is -0.00576 e. The normalized spacial score (nSPS) is 13.2. The van der Waals surface area contributed by atoms with E-state index >= 15 is 0 Å². The van der Waals surface area contributed by atoms with Crippen LogP contribution >= 0.6 is 0 Å². The van der Waals surface area contributed by atoms with E-state index in [2.05, 4.69) is 64.1 Å². The molecule has 0 amide bonds. The molecule has 2 aromatic rings. The summed E-state index contributed by atoms with van der Waals surface area (Å²) >= 11 is 0.